The zero-order valence-corrected chi connectivity index (χ0v) is 14.4. The summed E-state index contributed by atoms with van der Waals surface area (Å²) in [7, 11) is 0. The number of fused-ring (bicyclic) bond motifs is 1. The lowest BCUT2D eigenvalue weighted by molar-refractivity contribution is 0.215. The number of hydrogen-bond donors (Lipinski definition) is 0. The minimum Gasteiger partial charge on any atom is -0.477 e. The van der Waals surface area contributed by atoms with Gasteiger partial charge in [0.2, 0.25) is 5.88 Å². The fourth-order valence-electron chi connectivity index (χ4n) is 3.37. The first-order valence-electron chi connectivity index (χ1n) is 8.80. The second-order valence-corrected chi connectivity index (χ2v) is 6.58. The Hall–Kier alpha value is -2.69. The maximum Gasteiger partial charge on any atom is 0.216 e. The van der Waals surface area contributed by atoms with Crippen LogP contribution < -0.4 is 9.64 Å². The highest BCUT2D eigenvalue weighted by atomic mass is 16.5. The van der Waals surface area contributed by atoms with Gasteiger partial charge in [-0.2, -0.15) is 0 Å². The maximum absolute atomic E-state index is 5.93. The van der Waals surface area contributed by atoms with Gasteiger partial charge < -0.3 is 9.64 Å². The number of nitrogens with zero attached hydrogens (tertiary/aromatic N) is 4. The van der Waals surface area contributed by atoms with Crippen LogP contribution >= 0.6 is 0 Å². The molecule has 0 spiro atoms. The number of pyridine rings is 1. The molecule has 1 fully saturated rings. The van der Waals surface area contributed by atoms with Gasteiger partial charge in [0.15, 0.2) is 0 Å². The first-order chi connectivity index (χ1) is 12.3. The second kappa shape index (κ2) is 7.05. The number of hydrogen-bond acceptors (Lipinski definition) is 5. The summed E-state index contributed by atoms with van der Waals surface area (Å²) in [6.45, 7) is 4.76. The van der Waals surface area contributed by atoms with E-state index in [0.717, 1.165) is 60.7 Å². The Morgan fingerprint density at radius 3 is 2.72 bits per heavy atom. The van der Waals surface area contributed by atoms with Gasteiger partial charge in [0.05, 0.1) is 12.1 Å². The maximum atomic E-state index is 5.93. The Labute approximate surface area is 147 Å². The molecule has 0 unspecified atom stereocenters. The molecule has 0 amide bonds. The summed E-state index contributed by atoms with van der Waals surface area (Å²) in [4.78, 5) is 15.6. The van der Waals surface area contributed by atoms with Gasteiger partial charge in [0.1, 0.15) is 12.1 Å². The first kappa shape index (κ1) is 15.8. The van der Waals surface area contributed by atoms with Gasteiger partial charge in [0.25, 0.3) is 0 Å². The Bertz CT molecular complexity index is 854. The summed E-state index contributed by atoms with van der Waals surface area (Å²) in [6.07, 6.45) is 5.65. The summed E-state index contributed by atoms with van der Waals surface area (Å²) < 4.78 is 5.93. The van der Waals surface area contributed by atoms with E-state index in [1.807, 2.05) is 37.3 Å². The molecule has 0 saturated carbocycles. The van der Waals surface area contributed by atoms with Crippen LogP contribution in [0.2, 0.25) is 0 Å². The molecule has 3 aromatic rings. The van der Waals surface area contributed by atoms with Crippen molar-refractivity contribution in [2.75, 3.05) is 24.6 Å². The van der Waals surface area contributed by atoms with Crippen molar-refractivity contribution in [2.24, 2.45) is 5.92 Å². The molecule has 3 heterocycles. The van der Waals surface area contributed by atoms with Crippen LogP contribution in [-0.4, -0.2) is 34.6 Å². The zero-order chi connectivity index (χ0) is 17.1. The fourth-order valence-corrected chi connectivity index (χ4v) is 3.37. The van der Waals surface area contributed by atoms with E-state index in [4.69, 9.17) is 4.74 Å². The molecule has 0 radical (unpaired) electrons. The van der Waals surface area contributed by atoms with Crippen LogP contribution in [0.3, 0.4) is 0 Å². The van der Waals surface area contributed by atoms with Crippen LogP contribution in [0.4, 0.5) is 5.82 Å². The Kier molecular flexibility index (Phi) is 4.46. The van der Waals surface area contributed by atoms with Crippen molar-refractivity contribution >= 4 is 16.7 Å². The summed E-state index contributed by atoms with van der Waals surface area (Å²) in [5.74, 6) is 2.36. The molecule has 4 rings (SSSR count). The topological polar surface area (TPSA) is 51.1 Å². The average molecular weight is 334 g/mol. The van der Waals surface area contributed by atoms with Gasteiger partial charge in [-0.3, -0.25) is 0 Å². The van der Waals surface area contributed by atoms with E-state index in [1.165, 1.54) is 0 Å². The number of para-hydroxylation sites is 1. The number of benzene rings is 1. The molecule has 0 bridgehead atoms. The third kappa shape index (κ3) is 3.40. The van der Waals surface area contributed by atoms with Crippen molar-refractivity contribution in [1.82, 2.24) is 15.0 Å². The summed E-state index contributed by atoms with van der Waals surface area (Å²) in [5.41, 5.74) is 2.09. The van der Waals surface area contributed by atoms with E-state index in [1.54, 1.807) is 12.5 Å². The molecule has 0 aliphatic carbocycles. The van der Waals surface area contributed by atoms with Gasteiger partial charge in [-0.25, -0.2) is 15.0 Å². The van der Waals surface area contributed by atoms with Crippen molar-refractivity contribution < 1.29 is 4.74 Å². The van der Waals surface area contributed by atoms with Crippen molar-refractivity contribution in [1.29, 1.82) is 0 Å². The van der Waals surface area contributed by atoms with Gasteiger partial charge in [-0.05, 0) is 43.9 Å². The van der Waals surface area contributed by atoms with E-state index < -0.39 is 0 Å². The van der Waals surface area contributed by atoms with Crippen LogP contribution in [0.5, 0.6) is 5.88 Å². The van der Waals surface area contributed by atoms with Crippen molar-refractivity contribution in [3.63, 3.8) is 0 Å². The zero-order valence-electron chi connectivity index (χ0n) is 14.4. The highest BCUT2D eigenvalue weighted by Gasteiger charge is 2.22. The van der Waals surface area contributed by atoms with Crippen molar-refractivity contribution in [2.45, 2.75) is 19.8 Å². The average Bonchev–Trinajstić information content (AvgIpc) is 2.67. The number of ether oxygens (including phenoxy) is 1. The summed E-state index contributed by atoms with van der Waals surface area (Å²) >= 11 is 0. The third-order valence-corrected chi connectivity index (χ3v) is 4.85. The number of rotatable bonds is 4. The van der Waals surface area contributed by atoms with Crippen LogP contribution in [0.25, 0.3) is 10.9 Å². The largest absolute Gasteiger partial charge is 0.477 e. The lowest BCUT2D eigenvalue weighted by Gasteiger charge is -2.33. The number of aryl methyl sites for hydroxylation is 1. The third-order valence-electron chi connectivity index (χ3n) is 4.85. The van der Waals surface area contributed by atoms with E-state index in [2.05, 4.69) is 25.9 Å². The first-order valence-corrected chi connectivity index (χ1v) is 8.80. The van der Waals surface area contributed by atoms with Crippen LogP contribution in [0.1, 0.15) is 18.4 Å². The number of aromatic nitrogens is 3. The normalized spacial score (nSPS) is 15.5. The highest BCUT2D eigenvalue weighted by Crippen LogP contribution is 2.27. The number of piperidine rings is 1. The Morgan fingerprint density at radius 2 is 1.88 bits per heavy atom. The highest BCUT2D eigenvalue weighted by molar-refractivity contribution is 5.89. The predicted octanol–water partition coefficient (Wildman–Crippen LogP) is 3.63. The van der Waals surface area contributed by atoms with Crippen molar-refractivity contribution in [3.8, 4) is 5.88 Å². The molecule has 25 heavy (non-hydrogen) atoms. The molecular weight excluding hydrogens is 312 g/mol. The summed E-state index contributed by atoms with van der Waals surface area (Å²) in [6, 6.07) is 12.2. The lowest BCUT2D eigenvalue weighted by Crippen LogP contribution is -2.36. The molecule has 1 aromatic carbocycles. The van der Waals surface area contributed by atoms with E-state index in [9.17, 15) is 0 Å². The quantitative estimate of drug-likeness (QED) is 0.729. The molecule has 0 N–H and O–H groups in total. The Balaban J connectivity index is 1.39. The SMILES string of the molecule is Cc1cccnc1OCC1CCN(c2ncnc3ccccc23)CC1. The molecule has 1 aliphatic rings. The molecule has 128 valence electrons. The molecule has 1 aliphatic heterocycles. The molecular formula is C20H22N4O. The Morgan fingerprint density at radius 1 is 1.04 bits per heavy atom. The molecule has 0 atom stereocenters. The van der Waals surface area contributed by atoms with Crippen LogP contribution in [0.15, 0.2) is 48.9 Å². The van der Waals surface area contributed by atoms with E-state index in [0.29, 0.717) is 5.92 Å². The van der Waals surface area contributed by atoms with Crippen LogP contribution in [-0.2, 0) is 0 Å². The predicted molar refractivity (Wildman–Crippen MR) is 98.9 cm³/mol. The standard InChI is InChI=1S/C20H22N4O/c1-15-5-4-10-21-20(15)25-13-16-8-11-24(12-9-16)19-17-6-2-3-7-18(17)22-14-23-19/h2-7,10,14,16H,8-9,11-13H2,1H3. The molecule has 1 saturated heterocycles. The van der Waals surface area contributed by atoms with E-state index in [-0.39, 0.29) is 0 Å². The van der Waals surface area contributed by atoms with Gasteiger partial charge in [-0.1, -0.05) is 18.2 Å². The van der Waals surface area contributed by atoms with Crippen LogP contribution in [0, 0.1) is 12.8 Å². The monoisotopic (exact) mass is 334 g/mol. The summed E-state index contributed by atoms with van der Waals surface area (Å²) in [5, 5.41) is 1.13. The van der Waals surface area contributed by atoms with Gasteiger partial charge >= 0.3 is 0 Å². The molecule has 5 nitrogen and oxygen atoms in total. The van der Waals surface area contributed by atoms with Crippen molar-refractivity contribution in [3.05, 3.63) is 54.5 Å². The minimum atomic E-state index is 0.561. The minimum absolute atomic E-state index is 0.561. The van der Waals surface area contributed by atoms with E-state index >= 15 is 0 Å². The molecule has 2 aromatic heterocycles. The smallest absolute Gasteiger partial charge is 0.216 e. The second-order valence-electron chi connectivity index (χ2n) is 6.58. The fraction of sp³-hybridized carbons (Fsp3) is 0.350. The van der Waals surface area contributed by atoms with Gasteiger partial charge in [0, 0.05) is 30.2 Å². The molecule has 5 heteroatoms. The van der Waals surface area contributed by atoms with Gasteiger partial charge in [-0.15, -0.1) is 0 Å². The lowest BCUT2D eigenvalue weighted by atomic mass is 9.97. The number of anilines is 1.